The average molecular weight is 911 g/mol. The number of amides is 2. The van der Waals surface area contributed by atoms with Crippen molar-refractivity contribution in [3.63, 3.8) is 0 Å². The smallest absolute Gasteiger partial charge is 0.217 e. The van der Waals surface area contributed by atoms with Crippen molar-refractivity contribution in [1.82, 2.24) is 10.6 Å². The first kappa shape index (κ1) is 51.0. The molecule has 0 aromatic carbocycles. The maximum atomic E-state index is 12.4. The van der Waals surface area contributed by atoms with E-state index in [9.17, 15) is 86.2 Å². The van der Waals surface area contributed by atoms with Crippen LogP contribution in [0, 0.1) is 0 Å². The lowest BCUT2D eigenvalue weighted by molar-refractivity contribution is -0.387. The first-order chi connectivity index (χ1) is 29.3. The van der Waals surface area contributed by atoms with Crippen LogP contribution >= 0.6 is 0 Å². The van der Waals surface area contributed by atoms with Crippen LogP contribution in [0.15, 0.2) is 0 Å². The Bertz CT molecular complexity index is 1440. The molecule has 5 saturated heterocycles. The highest BCUT2D eigenvalue weighted by Gasteiger charge is 2.57. The fraction of sp³-hybridized carbons (Fsp3) is 0.941. The van der Waals surface area contributed by atoms with Gasteiger partial charge in [0.25, 0.3) is 0 Å². The van der Waals surface area contributed by atoms with Gasteiger partial charge in [0.15, 0.2) is 31.5 Å². The van der Waals surface area contributed by atoms with Crippen LogP contribution in [-0.4, -0.2) is 275 Å². The van der Waals surface area contributed by atoms with E-state index in [0.29, 0.717) is 0 Å². The molecule has 5 rings (SSSR count). The Morgan fingerprint density at radius 1 is 0.387 bits per heavy atom. The number of ether oxygens (including phenoxy) is 9. The molecule has 0 aliphatic carbocycles. The van der Waals surface area contributed by atoms with Gasteiger partial charge in [0.1, 0.15) is 122 Å². The van der Waals surface area contributed by atoms with E-state index in [0.717, 1.165) is 13.8 Å². The Hall–Kier alpha value is -2.02. The molecule has 0 bridgehead atoms. The predicted molar refractivity (Wildman–Crippen MR) is 190 cm³/mol. The van der Waals surface area contributed by atoms with E-state index in [2.05, 4.69) is 10.6 Å². The number of nitrogens with one attached hydrogen (secondary N) is 2. The zero-order chi connectivity index (χ0) is 45.9. The summed E-state index contributed by atoms with van der Waals surface area (Å²) >= 11 is 0. The molecular formula is C34H58N2O26. The van der Waals surface area contributed by atoms with Crippen LogP contribution in [0.4, 0.5) is 0 Å². The van der Waals surface area contributed by atoms with Gasteiger partial charge < -0.3 is 130 Å². The lowest BCUT2D eigenvalue weighted by Crippen LogP contribution is -2.71. The lowest BCUT2D eigenvalue weighted by Gasteiger charge is -2.51. The first-order valence-electron chi connectivity index (χ1n) is 19.6. The van der Waals surface area contributed by atoms with Gasteiger partial charge in [-0.15, -0.1) is 0 Å². The number of carbonyl (C=O) groups excluding carboxylic acids is 2. The third kappa shape index (κ3) is 10.8. The van der Waals surface area contributed by atoms with Crippen LogP contribution in [0.1, 0.15) is 13.8 Å². The Balaban J connectivity index is 1.41. The van der Waals surface area contributed by atoms with Gasteiger partial charge in [0.2, 0.25) is 11.8 Å². The van der Waals surface area contributed by atoms with Gasteiger partial charge in [-0.1, -0.05) is 0 Å². The van der Waals surface area contributed by atoms with Gasteiger partial charge in [-0.25, -0.2) is 0 Å². The van der Waals surface area contributed by atoms with Crippen molar-refractivity contribution >= 4 is 11.8 Å². The molecule has 5 aliphatic rings. The molecule has 17 N–H and O–H groups in total. The first-order valence-corrected chi connectivity index (χ1v) is 19.6. The number of aliphatic hydroxyl groups is 15. The Labute approximate surface area is 351 Å². The fourth-order valence-corrected chi connectivity index (χ4v) is 7.82. The van der Waals surface area contributed by atoms with Crippen molar-refractivity contribution in [2.45, 2.75) is 167 Å². The van der Waals surface area contributed by atoms with E-state index in [1.54, 1.807) is 0 Å². The number of rotatable bonds is 15. The average Bonchev–Trinajstić information content (AvgIpc) is 3.23. The van der Waals surface area contributed by atoms with Crippen molar-refractivity contribution in [2.75, 3.05) is 33.0 Å². The van der Waals surface area contributed by atoms with Crippen LogP contribution in [0.5, 0.6) is 0 Å². The SMILES string of the molecule is CC(=O)N[C@H]1[C@H](O[C@H]2[C@@H](O)[C@@H](CO)OC(O)[C@@H]2O[C@@H]2O[C@H](CO)[C@@H](O[C@@H]3O[C@H](CO)[C@H](O)[C@H](O)[C@H]3O)[C@H](O)[C@H]2NC(C)=O)O[C@H](CO)[C@@H](O[C@@H]2O[C@H](CO)[C@H](O)[C@H](O)[C@H]2O)[C@@H]1O. The second kappa shape index (κ2) is 22.0. The number of hydrogen-bond acceptors (Lipinski definition) is 26. The summed E-state index contributed by atoms with van der Waals surface area (Å²) in [6.07, 6.45) is -42.2. The maximum Gasteiger partial charge on any atom is 0.217 e. The van der Waals surface area contributed by atoms with Crippen molar-refractivity contribution < 1.29 is 129 Å². The zero-order valence-electron chi connectivity index (χ0n) is 33.2. The molecule has 28 nitrogen and oxygen atoms in total. The largest absolute Gasteiger partial charge is 0.394 e. The van der Waals surface area contributed by atoms with Gasteiger partial charge in [0.05, 0.1) is 33.0 Å². The summed E-state index contributed by atoms with van der Waals surface area (Å²) in [6, 6.07) is -3.44. The normalized spacial score (nSPS) is 49.0. The highest BCUT2D eigenvalue weighted by Crippen LogP contribution is 2.36. The molecule has 62 heavy (non-hydrogen) atoms. The molecule has 5 aliphatic heterocycles. The van der Waals surface area contributed by atoms with Crippen LogP contribution in [0.2, 0.25) is 0 Å². The summed E-state index contributed by atoms with van der Waals surface area (Å²) in [7, 11) is 0. The topological polar surface area (TPSA) is 445 Å². The van der Waals surface area contributed by atoms with Crippen molar-refractivity contribution in [3.8, 4) is 0 Å². The van der Waals surface area contributed by atoms with E-state index in [1.807, 2.05) is 0 Å². The van der Waals surface area contributed by atoms with E-state index in [-0.39, 0.29) is 0 Å². The van der Waals surface area contributed by atoms with Crippen molar-refractivity contribution in [1.29, 1.82) is 0 Å². The molecule has 25 atom stereocenters. The predicted octanol–water partition coefficient (Wildman–Crippen LogP) is -11.6. The molecule has 0 aromatic rings. The molecule has 1 unspecified atom stereocenters. The summed E-state index contributed by atoms with van der Waals surface area (Å²) in [4.78, 5) is 24.9. The Morgan fingerprint density at radius 2 is 0.710 bits per heavy atom. The summed E-state index contributed by atoms with van der Waals surface area (Å²) in [5.41, 5.74) is 0. The molecule has 5 fully saturated rings. The van der Waals surface area contributed by atoms with Gasteiger partial charge in [-0.05, 0) is 0 Å². The third-order valence-electron chi connectivity index (χ3n) is 11.1. The molecule has 5 heterocycles. The van der Waals surface area contributed by atoms with E-state index in [1.165, 1.54) is 0 Å². The summed E-state index contributed by atoms with van der Waals surface area (Å²) < 4.78 is 51.2. The van der Waals surface area contributed by atoms with E-state index in [4.69, 9.17) is 42.6 Å². The molecule has 2 amide bonds. The minimum atomic E-state index is -2.17. The molecule has 0 spiro atoms. The van der Waals surface area contributed by atoms with Crippen LogP contribution < -0.4 is 10.6 Å². The molecule has 360 valence electrons. The number of hydrogen-bond donors (Lipinski definition) is 17. The fourth-order valence-electron chi connectivity index (χ4n) is 7.82. The summed E-state index contributed by atoms with van der Waals surface area (Å²) in [6.45, 7) is -2.54. The Kier molecular flexibility index (Phi) is 18.1. The van der Waals surface area contributed by atoms with E-state index < -0.39 is 198 Å². The van der Waals surface area contributed by atoms with Gasteiger partial charge in [-0.3, -0.25) is 9.59 Å². The second-order valence-corrected chi connectivity index (χ2v) is 15.4. The van der Waals surface area contributed by atoms with E-state index >= 15 is 0 Å². The van der Waals surface area contributed by atoms with Crippen molar-refractivity contribution in [2.24, 2.45) is 0 Å². The van der Waals surface area contributed by atoms with Crippen LogP contribution in [0.25, 0.3) is 0 Å². The minimum absolute atomic E-state index is 0.813. The van der Waals surface area contributed by atoms with Crippen LogP contribution in [-0.2, 0) is 52.2 Å². The Morgan fingerprint density at radius 3 is 1.06 bits per heavy atom. The third-order valence-corrected chi connectivity index (χ3v) is 11.1. The molecule has 0 saturated carbocycles. The molecule has 0 radical (unpaired) electrons. The number of carbonyl (C=O) groups is 2. The second-order valence-electron chi connectivity index (χ2n) is 15.4. The quantitative estimate of drug-likeness (QED) is 0.0725. The minimum Gasteiger partial charge on any atom is -0.394 e. The molecule has 28 heteroatoms. The van der Waals surface area contributed by atoms with Crippen LogP contribution in [0.3, 0.4) is 0 Å². The lowest BCUT2D eigenvalue weighted by atomic mass is 9.94. The molecular weight excluding hydrogens is 852 g/mol. The van der Waals surface area contributed by atoms with Gasteiger partial charge in [0, 0.05) is 13.8 Å². The molecule has 0 aromatic heterocycles. The highest BCUT2D eigenvalue weighted by molar-refractivity contribution is 5.73. The monoisotopic (exact) mass is 910 g/mol. The zero-order valence-corrected chi connectivity index (χ0v) is 33.2. The summed E-state index contributed by atoms with van der Waals surface area (Å²) in [5.74, 6) is -1.63. The number of aliphatic hydroxyl groups excluding tert-OH is 15. The van der Waals surface area contributed by atoms with Crippen molar-refractivity contribution in [3.05, 3.63) is 0 Å². The van der Waals surface area contributed by atoms with Gasteiger partial charge in [-0.2, -0.15) is 0 Å². The standard InChI is InChI=1S/C34H58N2O26/c1-8(42)35-15-20(47)26(59-33-24(51)22(49)17(44)10(3-37)55-33)13(6-40)57-31(15)61-28-19(46)12(5-39)54-30(53)29(28)62-32-16(36-9(2)43)21(48)27(14(7-41)58-32)60-34-25(52)23(50)18(45)11(4-38)56-34/h10-34,37-41,44-53H,3-7H2,1-2H3,(H,35,42)(H,36,43)/t10-,11-,12-,13-,14-,15-,16-,17+,18+,19+,20-,21-,22+,23+,24-,25-,26-,27-,28+,29-,30?,31+,32+,33+,34+/m1/s1. The summed E-state index contributed by atoms with van der Waals surface area (Å²) in [5, 5.41) is 162. The highest BCUT2D eigenvalue weighted by atomic mass is 16.8. The maximum absolute atomic E-state index is 12.4. The van der Waals surface area contributed by atoms with Gasteiger partial charge >= 0.3 is 0 Å².